The number of rotatable bonds is 6. The minimum absolute atomic E-state index is 0.0169. The topological polar surface area (TPSA) is 139 Å². The van der Waals surface area contributed by atoms with Crippen LogP contribution >= 0.6 is 7.82 Å². The van der Waals surface area contributed by atoms with Crippen molar-refractivity contribution in [2.24, 2.45) is 0 Å². The standard InChI is InChI=1S/C9H18N5O5P/c1-9(2,3)8-11-12-13-14(8)6-7(15)10-4-5-19-20(16,17)18/h4-6H2,1-3H3,(H,10,15)(H2,16,17,18). The number of carbonyl (C=O) groups is 1. The number of hydrogen-bond donors (Lipinski definition) is 3. The van der Waals surface area contributed by atoms with Gasteiger partial charge in [0.05, 0.1) is 6.61 Å². The minimum atomic E-state index is -4.50. The van der Waals surface area contributed by atoms with E-state index in [1.165, 1.54) is 4.68 Å². The largest absolute Gasteiger partial charge is 0.469 e. The number of amides is 1. The molecule has 1 aromatic rings. The summed E-state index contributed by atoms with van der Waals surface area (Å²) in [7, 11) is -4.50. The van der Waals surface area contributed by atoms with Gasteiger partial charge < -0.3 is 15.1 Å². The molecule has 114 valence electrons. The Labute approximate surface area is 115 Å². The van der Waals surface area contributed by atoms with Gasteiger partial charge in [-0.15, -0.1) is 5.10 Å². The van der Waals surface area contributed by atoms with Crippen molar-refractivity contribution in [3.05, 3.63) is 5.82 Å². The summed E-state index contributed by atoms with van der Waals surface area (Å²) >= 11 is 0. The molecular formula is C9H18N5O5P. The maximum absolute atomic E-state index is 11.6. The first-order valence-electron chi connectivity index (χ1n) is 5.83. The van der Waals surface area contributed by atoms with E-state index in [1.807, 2.05) is 20.8 Å². The number of hydrogen-bond acceptors (Lipinski definition) is 6. The number of tetrazole rings is 1. The number of aromatic nitrogens is 4. The fourth-order valence-corrected chi connectivity index (χ4v) is 1.72. The van der Waals surface area contributed by atoms with Crippen LogP contribution in [0.4, 0.5) is 0 Å². The van der Waals surface area contributed by atoms with Gasteiger partial charge in [0.25, 0.3) is 0 Å². The van der Waals surface area contributed by atoms with Crippen molar-refractivity contribution in [3.8, 4) is 0 Å². The van der Waals surface area contributed by atoms with Crippen molar-refractivity contribution in [3.63, 3.8) is 0 Å². The third-order valence-electron chi connectivity index (χ3n) is 2.18. The lowest BCUT2D eigenvalue weighted by Crippen LogP contribution is -2.32. The zero-order valence-electron chi connectivity index (χ0n) is 11.5. The molecule has 3 N–H and O–H groups in total. The van der Waals surface area contributed by atoms with Crippen LogP contribution in [0, 0.1) is 0 Å². The van der Waals surface area contributed by atoms with Crippen LogP contribution in [-0.2, 0) is 25.8 Å². The van der Waals surface area contributed by atoms with Gasteiger partial charge in [0.1, 0.15) is 6.54 Å². The maximum atomic E-state index is 11.6. The number of phosphoric ester groups is 1. The predicted molar refractivity (Wildman–Crippen MR) is 67.5 cm³/mol. The quantitative estimate of drug-likeness (QED) is 0.458. The Balaban J connectivity index is 2.44. The summed E-state index contributed by atoms with van der Waals surface area (Å²) in [5, 5.41) is 13.6. The van der Waals surface area contributed by atoms with Gasteiger partial charge in [-0.05, 0) is 10.4 Å². The predicted octanol–water partition coefficient (Wildman–Crippen LogP) is -0.804. The summed E-state index contributed by atoms with van der Waals surface area (Å²) in [6, 6.07) is 0. The van der Waals surface area contributed by atoms with Crippen LogP contribution in [0.25, 0.3) is 0 Å². The lowest BCUT2D eigenvalue weighted by Gasteiger charge is -2.16. The van der Waals surface area contributed by atoms with Gasteiger partial charge in [-0.1, -0.05) is 20.8 Å². The highest BCUT2D eigenvalue weighted by atomic mass is 31.2. The SMILES string of the molecule is CC(C)(C)c1nnnn1CC(=O)NCCOP(=O)(O)O. The van der Waals surface area contributed by atoms with Crippen molar-refractivity contribution in [1.82, 2.24) is 25.5 Å². The molecule has 0 saturated carbocycles. The third-order valence-corrected chi connectivity index (χ3v) is 2.70. The monoisotopic (exact) mass is 307 g/mol. The van der Waals surface area contributed by atoms with E-state index in [9.17, 15) is 9.36 Å². The second kappa shape index (κ2) is 6.40. The average Bonchev–Trinajstić information content (AvgIpc) is 2.70. The van der Waals surface area contributed by atoms with Crippen LogP contribution in [0.5, 0.6) is 0 Å². The van der Waals surface area contributed by atoms with Gasteiger partial charge in [-0.3, -0.25) is 9.32 Å². The normalized spacial score (nSPS) is 12.4. The van der Waals surface area contributed by atoms with E-state index in [1.54, 1.807) is 0 Å². The smallest absolute Gasteiger partial charge is 0.352 e. The molecule has 20 heavy (non-hydrogen) atoms. The molecule has 0 aliphatic rings. The fraction of sp³-hybridized carbons (Fsp3) is 0.778. The molecule has 0 fully saturated rings. The van der Waals surface area contributed by atoms with Gasteiger partial charge in [0.2, 0.25) is 5.91 Å². The average molecular weight is 307 g/mol. The molecule has 11 heteroatoms. The highest BCUT2D eigenvalue weighted by Gasteiger charge is 2.23. The van der Waals surface area contributed by atoms with Crippen LogP contribution < -0.4 is 5.32 Å². The third kappa shape index (κ3) is 5.74. The second-order valence-corrected chi connectivity index (χ2v) is 6.32. The zero-order chi connectivity index (χ0) is 15.4. The summed E-state index contributed by atoms with van der Waals surface area (Å²) in [6.45, 7) is 5.38. The number of carbonyl (C=O) groups excluding carboxylic acids is 1. The van der Waals surface area contributed by atoms with Crippen molar-refractivity contribution >= 4 is 13.7 Å². The lowest BCUT2D eigenvalue weighted by atomic mass is 9.96. The maximum Gasteiger partial charge on any atom is 0.469 e. The number of nitrogens with one attached hydrogen (secondary N) is 1. The Kier molecular flexibility index (Phi) is 5.35. The molecule has 1 aromatic heterocycles. The van der Waals surface area contributed by atoms with Crippen molar-refractivity contribution < 1.29 is 23.7 Å². The molecule has 10 nitrogen and oxygen atoms in total. The molecule has 0 atom stereocenters. The lowest BCUT2D eigenvalue weighted by molar-refractivity contribution is -0.122. The molecule has 0 spiro atoms. The van der Waals surface area contributed by atoms with E-state index in [-0.39, 0.29) is 31.0 Å². The van der Waals surface area contributed by atoms with E-state index in [2.05, 4.69) is 25.4 Å². The van der Waals surface area contributed by atoms with Crippen LogP contribution in [-0.4, -0.2) is 49.1 Å². The summed E-state index contributed by atoms with van der Waals surface area (Å²) < 4.78 is 16.0. The minimum Gasteiger partial charge on any atom is -0.352 e. The van der Waals surface area contributed by atoms with E-state index in [0.717, 1.165) is 0 Å². The first kappa shape index (κ1) is 16.7. The molecular weight excluding hydrogens is 289 g/mol. The highest BCUT2D eigenvalue weighted by molar-refractivity contribution is 7.46. The van der Waals surface area contributed by atoms with Crippen molar-refractivity contribution in [2.45, 2.75) is 32.7 Å². The molecule has 1 amide bonds. The van der Waals surface area contributed by atoms with Gasteiger partial charge in [-0.25, -0.2) is 9.25 Å². The Morgan fingerprint density at radius 2 is 2.10 bits per heavy atom. The Morgan fingerprint density at radius 3 is 2.65 bits per heavy atom. The van der Waals surface area contributed by atoms with E-state index >= 15 is 0 Å². The van der Waals surface area contributed by atoms with Crippen LogP contribution in [0.3, 0.4) is 0 Å². The van der Waals surface area contributed by atoms with Crippen molar-refractivity contribution in [1.29, 1.82) is 0 Å². The van der Waals surface area contributed by atoms with Crippen LogP contribution in [0.2, 0.25) is 0 Å². The summed E-state index contributed by atoms with van der Waals surface area (Å²) in [5.41, 5.74) is -0.298. The first-order valence-corrected chi connectivity index (χ1v) is 7.36. The second-order valence-electron chi connectivity index (χ2n) is 5.08. The Morgan fingerprint density at radius 1 is 1.45 bits per heavy atom. The summed E-state index contributed by atoms with van der Waals surface area (Å²) in [5.74, 6) is 0.191. The molecule has 0 aliphatic carbocycles. The van der Waals surface area contributed by atoms with Crippen LogP contribution in [0.1, 0.15) is 26.6 Å². The van der Waals surface area contributed by atoms with Gasteiger partial charge >= 0.3 is 7.82 Å². The summed E-state index contributed by atoms with van der Waals surface area (Å²) in [6.07, 6.45) is 0. The fourth-order valence-electron chi connectivity index (χ4n) is 1.40. The molecule has 0 aliphatic heterocycles. The molecule has 1 heterocycles. The molecule has 0 aromatic carbocycles. The van der Waals surface area contributed by atoms with E-state index in [4.69, 9.17) is 9.79 Å². The van der Waals surface area contributed by atoms with E-state index < -0.39 is 7.82 Å². The molecule has 0 bridgehead atoms. The first-order chi connectivity index (χ1) is 9.09. The Hall–Kier alpha value is -1.35. The van der Waals surface area contributed by atoms with E-state index in [0.29, 0.717) is 5.82 Å². The van der Waals surface area contributed by atoms with Gasteiger partial charge in [-0.2, -0.15) is 0 Å². The summed E-state index contributed by atoms with van der Waals surface area (Å²) in [4.78, 5) is 28.6. The molecule has 0 radical (unpaired) electrons. The van der Waals surface area contributed by atoms with Gasteiger partial charge in [0, 0.05) is 12.0 Å². The molecule has 0 unspecified atom stereocenters. The number of phosphoric acid groups is 1. The molecule has 0 saturated heterocycles. The zero-order valence-corrected chi connectivity index (χ0v) is 12.4. The highest BCUT2D eigenvalue weighted by Crippen LogP contribution is 2.35. The van der Waals surface area contributed by atoms with Crippen LogP contribution in [0.15, 0.2) is 0 Å². The number of nitrogens with zero attached hydrogens (tertiary/aromatic N) is 4. The Bertz CT molecular complexity index is 505. The van der Waals surface area contributed by atoms with Crippen molar-refractivity contribution in [2.75, 3.05) is 13.2 Å². The molecule has 1 rings (SSSR count). The van der Waals surface area contributed by atoms with Gasteiger partial charge in [0.15, 0.2) is 5.82 Å².